The molecule has 3 heteroatoms. The van der Waals surface area contributed by atoms with Gasteiger partial charge in [-0.1, -0.05) is 50.6 Å². The smallest absolute Gasteiger partial charge is 0.262 e. The topological polar surface area (TPSA) is 38.3 Å². The molecule has 2 aromatic carbocycles. The number of carbonyl (C=O) groups is 1. The first-order valence-electron chi connectivity index (χ1n) is 7.86. The van der Waals surface area contributed by atoms with Gasteiger partial charge in [0.15, 0.2) is 6.61 Å². The second kappa shape index (κ2) is 6.86. The van der Waals surface area contributed by atoms with E-state index in [4.69, 9.17) is 4.74 Å². The highest BCUT2D eigenvalue weighted by molar-refractivity contribution is 5.91. The van der Waals surface area contributed by atoms with Gasteiger partial charge >= 0.3 is 0 Å². The fraction of sp³-hybridized carbons (Fsp3) is 0.350. The Balaban J connectivity index is 2.04. The molecule has 0 radical (unpaired) electrons. The Morgan fingerprint density at radius 2 is 1.61 bits per heavy atom. The Hall–Kier alpha value is -2.29. The largest absolute Gasteiger partial charge is 0.483 e. The van der Waals surface area contributed by atoms with Crippen molar-refractivity contribution in [2.45, 2.75) is 40.0 Å². The Morgan fingerprint density at radius 3 is 2.22 bits per heavy atom. The van der Waals surface area contributed by atoms with Crippen molar-refractivity contribution in [3.63, 3.8) is 0 Å². The summed E-state index contributed by atoms with van der Waals surface area (Å²) in [5, 5.41) is 2.85. The third kappa shape index (κ3) is 4.85. The molecule has 0 spiro atoms. The first-order valence-corrected chi connectivity index (χ1v) is 7.86. The van der Waals surface area contributed by atoms with Crippen LogP contribution in [0, 0.1) is 13.8 Å². The minimum atomic E-state index is -0.157. The number of aryl methyl sites for hydroxylation is 2. The number of amides is 1. The molecule has 0 atom stereocenters. The molecule has 2 rings (SSSR count). The molecule has 0 aromatic heterocycles. The first-order chi connectivity index (χ1) is 10.8. The maximum absolute atomic E-state index is 12.1. The zero-order valence-electron chi connectivity index (χ0n) is 14.6. The van der Waals surface area contributed by atoms with Gasteiger partial charge in [-0.25, -0.2) is 0 Å². The molecule has 0 saturated carbocycles. The minimum absolute atomic E-state index is 0.000407. The van der Waals surface area contributed by atoms with Crippen molar-refractivity contribution < 1.29 is 9.53 Å². The van der Waals surface area contributed by atoms with Crippen LogP contribution in [0.15, 0.2) is 42.5 Å². The number of hydrogen-bond acceptors (Lipinski definition) is 2. The van der Waals surface area contributed by atoms with Gasteiger partial charge in [0.1, 0.15) is 5.75 Å². The van der Waals surface area contributed by atoms with Crippen molar-refractivity contribution in [3.05, 3.63) is 59.2 Å². The van der Waals surface area contributed by atoms with E-state index in [0.29, 0.717) is 0 Å². The van der Waals surface area contributed by atoms with E-state index in [-0.39, 0.29) is 17.9 Å². The summed E-state index contributed by atoms with van der Waals surface area (Å²) in [5.74, 6) is 0.617. The summed E-state index contributed by atoms with van der Waals surface area (Å²) in [5.41, 5.74) is 4.13. The number of hydrogen-bond donors (Lipinski definition) is 1. The Labute approximate surface area is 138 Å². The van der Waals surface area contributed by atoms with Crippen molar-refractivity contribution in [1.29, 1.82) is 0 Å². The van der Waals surface area contributed by atoms with Crippen molar-refractivity contribution in [1.82, 2.24) is 0 Å². The van der Waals surface area contributed by atoms with Gasteiger partial charge in [-0.2, -0.15) is 0 Å². The minimum Gasteiger partial charge on any atom is -0.483 e. The van der Waals surface area contributed by atoms with Gasteiger partial charge in [0, 0.05) is 5.69 Å². The van der Waals surface area contributed by atoms with Gasteiger partial charge < -0.3 is 10.1 Å². The molecule has 0 unspecified atom stereocenters. The lowest BCUT2D eigenvalue weighted by atomic mass is 9.86. The molecule has 0 bridgehead atoms. The van der Waals surface area contributed by atoms with Crippen LogP contribution >= 0.6 is 0 Å². The van der Waals surface area contributed by atoms with Crippen LogP contribution in [0.5, 0.6) is 5.75 Å². The average molecular weight is 311 g/mol. The normalized spacial score (nSPS) is 11.2. The standard InChI is InChI=1S/C20H25NO2/c1-14-6-9-16(10-7-14)21-19(22)13-23-18-12-15(2)8-11-17(18)20(3,4)5/h6-12H,13H2,1-5H3,(H,21,22). The Morgan fingerprint density at radius 1 is 1.00 bits per heavy atom. The summed E-state index contributed by atoms with van der Waals surface area (Å²) in [4.78, 5) is 12.1. The van der Waals surface area contributed by atoms with E-state index in [2.05, 4.69) is 38.2 Å². The molecule has 3 nitrogen and oxygen atoms in total. The summed E-state index contributed by atoms with van der Waals surface area (Å²) in [6, 6.07) is 13.8. The van der Waals surface area contributed by atoms with E-state index in [0.717, 1.165) is 28.1 Å². The van der Waals surface area contributed by atoms with Crippen LogP contribution in [0.2, 0.25) is 0 Å². The fourth-order valence-electron chi connectivity index (χ4n) is 2.35. The zero-order chi connectivity index (χ0) is 17.0. The molecule has 2 aromatic rings. The number of ether oxygens (including phenoxy) is 1. The number of carbonyl (C=O) groups excluding carboxylic acids is 1. The molecular weight excluding hydrogens is 286 g/mol. The van der Waals surface area contributed by atoms with E-state index < -0.39 is 0 Å². The lowest BCUT2D eigenvalue weighted by Crippen LogP contribution is -2.22. The van der Waals surface area contributed by atoms with Crippen molar-refractivity contribution in [3.8, 4) is 5.75 Å². The molecule has 0 fully saturated rings. The molecule has 23 heavy (non-hydrogen) atoms. The van der Waals surface area contributed by atoms with Crippen LogP contribution in [0.3, 0.4) is 0 Å². The molecule has 1 N–H and O–H groups in total. The van der Waals surface area contributed by atoms with E-state index in [1.165, 1.54) is 0 Å². The molecular formula is C20H25NO2. The van der Waals surface area contributed by atoms with Crippen LogP contribution < -0.4 is 10.1 Å². The number of benzene rings is 2. The van der Waals surface area contributed by atoms with Crippen LogP contribution in [0.1, 0.15) is 37.5 Å². The maximum Gasteiger partial charge on any atom is 0.262 e. The summed E-state index contributed by atoms with van der Waals surface area (Å²) < 4.78 is 5.79. The van der Waals surface area contributed by atoms with Crippen molar-refractivity contribution >= 4 is 11.6 Å². The van der Waals surface area contributed by atoms with Gasteiger partial charge in [0.2, 0.25) is 0 Å². The Bertz CT molecular complexity index is 682. The fourth-order valence-corrected chi connectivity index (χ4v) is 2.35. The van der Waals surface area contributed by atoms with Gasteiger partial charge in [-0.05, 0) is 48.6 Å². The molecule has 122 valence electrons. The van der Waals surface area contributed by atoms with E-state index >= 15 is 0 Å². The zero-order valence-corrected chi connectivity index (χ0v) is 14.6. The van der Waals surface area contributed by atoms with Crippen LogP contribution in [-0.4, -0.2) is 12.5 Å². The third-order valence-corrected chi connectivity index (χ3v) is 3.64. The molecule has 0 aliphatic rings. The van der Waals surface area contributed by atoms with Crippen molar-refractivity contribution in [2.75, 3.05) is 11.9 Å². The van der Waals surface area contributed by atoms with Gasteiger partial charge in [0.25, 0.3) is 5.91 Å². The number of rotatable bonds is 4. The second-order valence-electron chi connectivity index (χ2n) is 6.95. The molecule has 0 aliphatic heterocycles. The summed E-state index contributed by atoms with van der Waals surface area (Å²) >= 11 is 0. The highest BCUT2D eigenvalue weighted by Gasteiger charge is 2.19. The predicted molar refractivity (Wildman–Crippen MR) is 95.2 cm³/mol. The van der Waals surface area contributed by atoms with E-state index in [1.54, 1.807) is 0 Å². The quantitative estimate of drug-likeness (QED) is 0.895. The lowest BCUT2D eigenvalue weighted by molar-refractivity contribution is -0.118. The van der Waals surface area contributed by atoms with Gasteiger partial charge in [-0.15, -0.1) is 0 Å². The van der Waals surface area contributed by atoms with E-state index in [9.17, 15) is 4.79 Å². The molecule has 0 aliphatic carbocycles. The van der Waals surface area contributed by atoms with Gasteiger partial charge in [-0.3, -0.25) is 4.79 Å². The number of nitrogens with one attached hydrogen (secondary N) is 1. The second-order valence-corrected chi connectivity index (χ2v) is 6.95. The third-order valence-electron chi connectivity index (χ3n) is 3.64. The first kappa shape index (κ1) is 17.1. The molecule has 0 heterocycles. The highest BCUT2D eigenvalue weighted by Crippen LogP contribution is 2.32. The van der Waals surface area contributed by atoms with Crippen LogP contribution in [0.25, 0.3) is 0 Å². The summed E-state index contributed by atoms with van der Waals surface area (Å²) in [6.45, 7) is 10.4. The van der Waals surface area contributed by atoms with Crippen LogP contribution in [0.4, 0.5) is 5.69 Å². The lowest BCUT2D eigenvalue weighted by Gasteiger charge is -2.23. The molecule has 0 saturated heterocycles. The van der Waals surface area contributed by atoms with Crippen LogP contribution in [-0.2, 0) is 10.2 Å². The monoisotopic (exact) mass is 311 g/mol. The predicted octanol–water partition coefficient (Wildman–Crippen LogP) is 4.62. The summed E-state index contributed by atoms with van der Waals surface area (Å²) in [7, 11) is 0. The SMILES string of the molecule is Cc1ccc(NC(=O)COc2cc(C)ccc2C(C)(C)C)cc1. The maximum atomic E-state index is 12.1. The molecule has 1 amide bonds. The Kier molecular flexibility index (Phi) is 5.09. The highest BCUT2D eigenvalue weighted by atomic mass is 16.5. The van der Waals surface area contributed by atoms with E-state index in [1.807, 2.05) is 44.2 Å². The van der Waals surface area contributed by atoms with Gasteiger partial charge in [0.05, 0.1) is 0 Å². The average Bonchev–Trinajstić information content (AvgIpc) is 2.46. The summed E-state index contributed by atoms with van der Waals surface area (Å²) in [6.07, 6.45) is 0. The van der Waals surface area contributed by atoms with Crippen molar-refractivity contribution in [2.24, 2.45) is 0 Å². The number of anilines is 1.